The van der Waals surface area contributed by atoms with Gasteiger partial charge in [-0.3, -0.25) is 4.79 Å². The van der Waals surface area contributed by atoms with Crippen LogP contribution in [0.4, 0.5) is 0 Å². The SMILES string of the molecule is Cc1nc(C2(NC(=O)CC3C[C@H]4CC[C@@H](C3)N4)CCCCCC2)no1. The molecule has 6 nitrogen and oxygen atoms in total. The van der Waals surface area contributed by atoms with Crippen LogP contribution in [0, 0.1) is 12.8 Å². The second kappa shape index (κ2) is 7.06. The number of rotatable bonds is 4. The van der Waals surface area contributed by atoms with Crippen molar-refractivity contribution in [3.63, 3.8) is 0 Å². The highest BCUT2D eigenvalue weighted by Gasteiger charge is 2.40. The van der Waals surface area contributed by atoms with Crippen molar-refractivity contribution < 1.29 is 9.32 Å². The maximum Gasteiger partial charge on any atom is 0.223 e. The first-order chi connectivity index (χ1) is 12.1. The lowest BCUT2D eigenvalue weighted by molar-refractivity contribution is -0.124. The van der Waals surface area contributed by atoms with Crippen LogP contribution in [-0.4, -0.2) is 28.1 Å². The lowest BCUT2D eigenvalue weighted by Gasteiger charge is -2.33. The van der Waals surface area contributed by atoms with Gasteiger partial charge in [-0.05, 0) is 44.4 Å². The molecule has 1 saturated carbocycles. The molecule has 0 radical (unpaired) electrons. The van der Waals surface area contributed by atoms with Gasteiger partial charge in [-0.15, -0.1) is 0 Å². The Morgan fingerprint density at radius 1 is 1.20 bits per heavy atom. The average Bonchev–Trinajstić information content (AvgIpc) is 3.07. The third-order valence-corrected chi connectivity index (χ3v) is 6.34. The number of amides is 1. The van der Waals surface area contributed by atoms with E-state index in [-0.39, 0.29) is 5.91 Å². The Morgan fingerprint density at radius 3 is 2.48 bits per heavy atom. The van der Waals surface area contributed by atoms with Gasteiger partial charge in [0.15, 0.2) is 5.82 Å². The average molecular weight is 346 g/mol. The van der Waals surface area contributed by atoms with Crippen LogP contribution in [0.2, 0.25) is 0 Å². The van der Waals surface area contributed by atoms with Crippen molar-refractivity contribution >= 4 is 5.91 Å². The zero-order chi connectivity index (χ0) is 17.3. The number of nitrogens with zero attached hydrogens (tertiary/aromatic N) is 2. The van der Waals surface area contributed by atoms with Gasteiger partial charge in [-0.25, -0.2) is 0 Å². The molecule has 25 heavy (non-hydrogen) atoms. The first-order valence-corrected chi connectivity index (χ1v) is 10.0. The van der Waals surface area contributed by atoms with Crippen LogP contribution in [-0.2, 0) is 10.3 Å². The summed E-state index contributed by atoms with van der Waals surface area (Å²) in [5, 5.41) is 11.2. The van der Waals surface area contributed by atoms with Gasteiger partial charge in [-0.1, -0.05) is 30.8 Å². The van der Waals surface area contributed by atoms with E-state index in [1.165, 1.54) is 25.7 Å². The summed E-state index contributed by atoms with van der Waals surface area (Å²) in [7, 11) is 0. The Morgan fingerprint density at radius 2 is 1.88 bits per heavy atom. The van der Waals surface area contributed by atoms with Crippen LogP contribution in [0.3, 0.4) is 0 Å². The Kier molecular flexibility index (Phi) is 4.80. The zero-order valence-electron chi connectivity index (χ0n) is 15.2. The monoisotopic (exact) mass is 346 g/mol. The molecular formula is C19H30N4O2. The highest BCUT2D eigenvalue weighted by atomic mass is 16.5. The second-order valence-electron chi connectivity index (χ2n) is 8.36. The standard InChI is InChI=1S/C19H30N4O2/c1-13-20-18(23-25-13)19(8-4-2-3-5-9-19)22-17(24)12-14-10-15-6-7-16(11-14)21-15/h14-16,21H,2-12H2,1H3,(H,22,24)/t14?,15-,16+. The topological polar surface area (TPSA) is 80.0 Å². The van der Waals surface area contributed by atoms with Crippen molar-refractivity contribution in [2.45, 2.75) is 95.2 Å². The molecule has 3 heterocycles. The molecule has 1 aliphatic carbocycles. The van der Waals surface area contributed by atoms with Gasteiger partial charge in [0.2, 0.25) is 11.8 Å². The van der Waals surface area contributed by atoms with Crippen molar-refractivity contribution in [3.05, 3.63) is 11.7 Å². The van der Waals surface area contributed by atoms with E-state index in [2.05, 4.69) is 20.8 Å². The fourth-order valence-electron chi connectivity index (χ4n) is 5.15. The van der Waals surface area contributed by atoms with Gasteiger partial charge in [0.05, 0.1) is 0 Å². The Bertz CT molecular complexity index is 594. The van der Waals surface area contributed by atoms with E-state index < -0.39 is 5.54 Å². The normalized spacial score (nSPS) is 31.5. The highest BCUT2D eigenvalue weighted by Crippen LogP contribution is 2.36. The molecule has 3 atom stereocenters. The molecule has 138 valence electrons. The Hall–Kier alpha value is -1.43. The second-order valence-corrected chi connectivity index (χ2v) is 8.36. The summed E-state index contributed by atoms with van der Waals surface area (Å²) in [6.45, 7) is 1.81. The molecule has 1 aromatic rings. The van der Waals surface area contributed by atoms with E-state index in [4.69, 9.17) is 4.52 Å². The minimum Gasteiger partial charge on any atom is -0.343 e. The maximum atomic E-state index is 12.9. The van der Waals surface area contributed by atoms with E-state index in [1.54, 1.807) is 0 Å². The predicted octanol–water partition coefficient (Wildman–Crippen LogP) is 2.96. The first kappa shape index (κ1) is 17.0. The minimum absolute atomic E-state index is 0.163. The molecule has 1 aromatic heterocycles. The fraction of sp³-hybridized carbons (Fsp3) is 0.842. The van der Waals surface area contributed by atoms with Crippen molar-refractivity contribution in [3.8, 4) is 0 Å². The third kappa shape index (κ3) is 3.73. The van der Waals surface area contributed by atoms with E-state index in [9.17, 15) is 4.79 Å². The number of piperidine rings is 1. The van der Waals surface area contributed by atoms with E-state index in [0.717, 1.165) is 38.5 Å². The lowest BCUT2D eigenvalue weighted by atomic mass is 9.86. The number of carbonyl (C=O) groups is 1. The highest BCUT2D eigenvalue weighted by molar-refractivity contribution is 5.77. The summed E-state index contributed by atoms with van der Waals surface area (Å²) in [6.07, 6.45) is 11.9. The molecule has 0 aromatic carbocycles. The molecule has 0 spiro atoms. The van der Waals surface area contributed by atoms with E-state index >= 15 is 0 Å². The molecule has 3 aliphatic rings. The van der Waals surface area contributed by atoms with Gasteiger partial charge < -0.3 is 15.2 Å². The third-order valence-electron chi connectivity index (χ3n) is 6.34. The molecule has 1 amide bonds. The summed E-state index contributed by atoms with van der Waals surface area (Å²) < 4.78 is 5.23. The molecule has 3 fully saturated rings. The van der Waals surface area contributed by atoms with Crippen LogP contribution >= 0.6 is 0 Å². The van der Waals surface area contributed by atoms with Gasteiger partial charge in [-0.2, -0.15) is 4.98 Å². The Balaban J connectivity index is 1.45. The number of hydrogen-bond donors (Lipinski definition) is 2. The largest absolute Gasteiger partial charge is 0.343 e. The van der Waals surface area contributed by atoms with Gasteiger partial charge >= 0.3 is 0 Å². The van der Waals surface area contributed by atoms with Crippen LogP contribution in [0.15, 0.2) is 4.52 Å². The number of carbonyl (C=O) groups excluding carboxylic acids is 1. The van der Waals surface area contributed by atoms with Gasteiger partial charge in [0.25, 0.3) is 0 Å². The number of nitrogens with one attached hydrogen (secondary N) is 2. The van der Waals surface area contributed by atoms with E-state index in [1.807, 2.05) is 6.92 Å². The number of fused-ring (bicyclic) bond motifs is 2. The summed E-state index contributed by atoms with van der Waals surface area (Å²) in [5.74, 6) is 1.91. The quantitative estimate of drug-likeness (QED) is 0.819. The summed E-state index contributed by atoms with van der Waals surface area (Å²) in [4.78, 5) is 17.4. The molecule has 6 heteroatoms. The van der Waals surface area contributed by atoms with Crippen LogP contribution in [0.25, 0.3) is 0 Å². The first-order valence-electron chi connectivity index (χ1n) is 10.0. The fourth-order valence-corrected chi connectivity index (χ4v) is 5.15. The number of hydrogen-bond acceptors (Lipinski definition) is 5. The molecule has 2 aliphatic heterocycles. The van der Waals surface area contributed by atoms with Crippen molar-refractivity contribution in [1.29, 1.82) is 0 Å². The van der Waals surface area contributed by atoms with Crippen LogP contribution in [0.1, 0.15) is 82.3 Å². The number of aromatic nitrogens is 2. The van der Waals surface area contributed by atoms with Crippen molar-refractivity contribution in [2.75, 3.05) is 0 Å². The van der Waals surface area contributed by atoms with Gasteiger partial charge in [0, 0.05) is 25.4 Å². The molecule has 2 bridgehead atoms. The molecular weight excluding hydrogens is 316 g/mol. The molecule has 4 rings (SSSR count). The summed E-state index contributed by atoms with van der Waals surface area (Å²) >= 11 is 0. The smallest absolute Gasteiger partial charge is 0.223 e. The lowest BCUT2D eigenvalue weighted by Crippen LogP contribution is -2.48. The predicted molar refractivity (Wildman–Crippen MR) is 93.8 cm³/mol. The summed E-state index contributed by atoms with van der Waals surface area (Å²) in [6, 6.07) is 1.26. The maximum absolute atomic E-state index is 12.9. The van der Waals surface area contributed by atoms with E-state index in [0.29, 0.717) is 36.1 Å². The summed E-state index contributed by atoms with van der Waals surface area (Å²) in [5.41, 5.74) is -0.433. The zero-order valence-corrected chi connectivity index (χ0v) is 15.2. The van der Waals surface area contributed by atoms with Crippen molar-refractivity contribution in [2.24, 2.45) is 5.92 Å². The van der Waals surface area contributed by atoms with Crippen LogP contribution in [0.5, 0.6) is 0 Å². The van der Waals surface area contributed by atoms with Crippen molar-refractivity contribution in [1.82, 2.24) is 20.8 Å². The minimum atomic E-state index is -0.433. The Labute approximate surface area is 149 Å². The molecule has 1 unspecified atom stereocenters. The number of aryl methyl sites for hydroxylation is 1. The molecule has 2 saturated heterocycles. The van der Waals surface area contributed by atoms with Crippen LogP contribution < -0.4 is 10.6 Å². The molecule has 2 N–H and O–H groups in total. The van der Waals surface area contributed by atoms with Gasteiger partial charge in [0.1, 0.15) is 5.54 Å².